The first kappa shape index (κ1) is 31.3. The van der Waals surface area contributed by atoms with Gasteiger partial charge in [0.25, 0.3) is 0 Å². The Morgan fingerprint density at radius 3 is 2.16 bits per heavy atom. The van der Waals surface area contributed by atoms with E-state index in [-0.39, 0.29) is 4.90 Å². The second-order valence-corrected chi connectivity index (χ2v) is 11.4. The molecular weight excluding hydrogens is 609 g/mol. The molecule has 0 aliphatic carbocycles. The molecule has 0 spiro atoms. The number of fused-ring (bicyclic) bond motifs is 1. The molecule has 16 heteroatoms. The second-order valence-electron chi connectivity index (χ2n) is 8.80. The Hall–Kier alpha value is -4.67. The van der Waals surface area contributed by atoms with Crippen LogP contribution in [0.25, 0.3) is 10.3 Å². The number of rotatable bonds is 8. The molecule has 5 rings (SSSR count). The van der Waals surface area contributed by atoms with Crippen molar-refractivity contribution in [1.29, 1.82) is 0 Å². The highest BCUT2D eigenvalue weighted by molar-refractivity contribution is 7.89. The lowest BCUT2D eigenvalue weighted by Crippen LogP contribution is -2.21. The van der Waals surface area contributed by atoms with Gasteiger partial charge in [0, 0.05) is 24.6 Å². The number of pyridine rings is 1. The van der Waals surface area contributed by atoms with Gasteiger partial charge in [-0.25, -0.2) is 38.3 Å². The molecule has 0 unspecified atom stereocenters. The Bertz CT molecular complexity index is 1830. The number of nitrogens with two attached hydrogens (primary N) is 1. The van der Waals surface area contributed by atoms with E-state index in [4.69, 9.17) is 34.7 Å². The summed E-state index contributed by atoms with van der Waals surface area (Å²) in [6, 6.07) is 21.8. The van der Waals surface area contributed by atoms with Crippen molar-refractivity contribution in [2.45, 2.75) is 23.9 Å². The van der Waals surface area contributed by atoms with Crippen LogP contribution in [0.4, 0.5) is 24.8 Å². The number of primary sulfonamides is 1. The van der Waals surface area contributed by atoms with E-state index < -0.39 is 22.2 Å². The molecular formula is C27H23F3N6O5S2. The largest absolute Gasteiger partial charge is 0.490 e. The van der Waals surface area contributed by atoms with Gasteiger partial charge in [-0.3, -0.25) is 0 Å². The number of nitrogens with zero attached hydrogens (tertiary/aromatic N) is 4. The number of benzene rings is 2. The van der Waals surface area contributed by atoms with Gasteiger partial charge in [0.1, 0.15) is 15.4 Å². The summed E-state index contributed by atoms with van der Waals surface area (Å²) < 4.78 is 60.1. The van der Waals surface area contributed by atoms with Crippen LogP contribution in [0, 0.1) is 0 Å². The maximum atomic E-state index is 11.6. The van der Waals surface area contributed by atoms with Crippen molar-refractivity contribution in [2.75, 3.05) is 12.4 Å². The van der Waals surface area contributed by atoms with Crippen LogP contribution in [-0.2, 0) is 27.7 Å². The molecule has 0 bridgehead atoms. The van der Waals surface area contributed by atoms with Gasteiger partial charge >= 0.3 is 12.1 Å². The average Bonchev–Trinajstić information content (AvgIpc) is 3.34. The molecule has 0 aliphatic heterocycles. The smallest absolute Gasteiger partial charge is 0.481 e. The number of aliphatic carboxylic acids is 1. The minimum Gasteiger partial charge on any atom is -0.481 e. The second kappa shape index (κ2) is 13.1. The third kappa shape index (κ3) is 8.91. The van der Waals surface area contributed by atoms with Crippen molar-refractivity contribution in [3.63, 3.8) is 0 Å². The molecule has 0 atom stereocenters. The molecule has 3 heterocycles. The molecule has 5 aromatic rings. The fourth-order valence-corrected chi connectivity index (χ4v) is 5.10. The zero-order valence-electron chi connectivity index (χ0n) is 22.2. The van der Waals surface area contributed by atoms with Gasteiger partial charge in [-0.2, -0.15) is 13.2 Å². The molecule has 11 nitrogen and oxygen atoms in total. The highest BCUT2D eigenvalue weighted by Gasteiger charge is 2.38. The number of methoxy groups -OCH3 is 1. The third-order valence-corrected chi connectivity index (χ3v) is 7.45. The number of nitrogens with one attached hydrogen (secondary N) is 1. The van der Waals surface area contributed by atoms with E-state index in [0.717, 1.165) is 32.3 Å². The van der Waals surface area contributed by atoms with Crippen molar-refractivity contribution >= 4 is 49.3 Å². The van der Waals surface area contributed by atoms with Crippen LogP contribution >= 0.6 is 11.3 Å². The maximum absolute atomic E-state index is 11.6. The van der Waals surface area contributed by atoms with E-state index in [2.05, 4.69) is 10.3 Å². The average molecular weight is 633 g/mol. The number of sulfonamides is 1. The molecule has 43 heavy (non-hydrogen) atoms. The fraction of sp³-hybridized carbons (Fsp3) is 0.148. The topological polar surface area (TPSA) is 170 Å². The summed E-state index contributed by atoms with van der Waals surface area (Å²) in [7, 11) is -2.18. The predicted molar refractivity (Wildman–Crippen MR) is 153 cm³/mol. The SMILES string of the molecule is COc1ccc2nc(Cc3cc(Cc4ccccc4)nc(Nc4ccc(S(N)(=O)=O)cc4)n3)sc2n1.O=C(O)C(F)(F)F. The number of carboxylic acid groups (broad SMARTS) is 1. The van der Waals surface area contributed by atoms with Crippen LogP contribution in [0.5, 0.6) is 5.88 Å². The molecule has 0 fully saturated rings. The van der Waals surface area contributed by atoms with E-state index in [1.54, 1.807) is 25.3 Å². The van der Waals surface area contributed by atoms with Gasteiger partial charge in [0.15, 0.2) is 0 Å². The summed E-state index contributed by atoms with van der Waals surface area (Å²) in [5.74, 6) is -1.81. The monoisotopic (exact) mass is 632 g/mol. The lowest BCUT2D eigenvalue weighted by molar-refractivity contribution is -0.192. The first-order valence-corrected chi connectivity index (χ1v) is 14.6. The van der Waals surface area contributed by atoms with Crippen LogP contribution in [-0.4, -0.2) is 52.7 Å². The van der Waals surface area contributed by atoms with Gasteiger partial charge in [0.05, 0.1) is 23.4 Å². The van der Waals surface area contributed by atoms with E-state index in [0.29, 0.717) is 30.4 Å². The number of alkyl halides is 3. The number of carboxylic acids is 1. The molecule has 224 valence electrons. The molecule has 0 aliphatic rings. The number of thiazole rings is 1. The lowest BCUT2D eigenvalue weighted by Gasteiger charge is -2.10. The first-order chi connectivity index (χ1) is 20.3. The van der Waals surface area contributed by atoms with Crippen LogP contribution in [0.15, 0.2) is 77.7 Å². The van der Waals surface area contributed by atoms with Gasteiger partial charge in [-0.05, 0) is 42.0 Å². The number of anilines is 2. The Morgan fingerprint density at radius 1 is 0.953 bits per heavy atom. The number of aromatic nitrogens is 4. The highest BCUT2D eigenvalue weighted by atomic mass is 32.2. The summed E-state index contributed by atoms with van der Waals surface area (Å²) in [4.78, 5) is 28.3. The van der Waals surface area contributed by atoms with E-state index in [9.17, 15) is 21.6 Å². The zero-order chi connectivity index (χ0) is 31.2. The van der Waals surface area contributed by atoms with Gasteiger partial charge in [0.2, 0.25) is 21.9 Å². The fourth-order valence-electron chi connectivity index (χ4n) is 3.64. The van der Waals surface area contributed by atoms with Crippen molar-refractivity contribution in [2.24, 2.45) is 5.14 Å². The van der Waals surface area contributed by atoms with Crippen LogP contribution < -0.4 is 15.2 Å². The summed E-state index contributed by atoms with van der Waals surface area (Å²) in [6.45, 7) is 0. The Morgan fingerprint density at radius 2 is 1.58 bits per heavy atom. The molecule has 0 amide bonds. The Balaban J connectivity index is 0.000000541. The number of hydrogen-bond acceptors (Lipinski definition) is 10. The van der Waals surface area contributed by atoms with E-state index >= 15 is 0 Å². The van der Waals surface area contributed by atoms with Crippen molar-refractivity contribution in [1.82, 2.24) is 19.9 Å². The lowest BCUT2D eigenvalue weighted by atomic mass is 10.1. The Kier molecular flexibility index (Phi) is 9.53. The van der Waals surface area contributed by atoms with Gasteiger partial charge in [-0.1, -0.05) is 41.7 Å². The van der Waals surface area contributed by atoms with Crippen LogP contribution in [0.1, 0.15) is 22.0 Å². The summed E-state index contributed by atoms with van der Waals surface area (Å²) >= 11 is 1.49. The molecule has 0 saturated carbocycles. The van der Waals surface area contributed by atoms with Crippen molar-refractivity contribution in [3.8, 4) is 5.88 Å². The van der Waals surface area contributed by atoms with Crippen LogP contribution in [0.3, 0.4) is 0 Å². The Labute approximate surface area is 247 Å². The molecule has 0 saturated heterocycles. The number of ether oxygens (including phenoxy) is 1. The third-order valence-electron chi connectivity index (χ3n) is 5.56. The maximum Gasteiger partial charge on any atom is 0.490 e. The van der Waals surface area contributed by atoms with E-state index in [1.165, 1.54) is 23.5 Å². The minimum absolute atomic E-state index is 0.0357. The summed E-state index contributed by atoms with van der Waals surface area (Å²) in [5.41, 5.74) is 4.22. The summed E-state index contributed by atoms with van der Waals surface area (Å²) in [6.07, 6.45) is -3.94. The molecule has 2 aromatic carbocycles. The first-order valence-electron chi connectivity index (χ1n) is 12.2. The minimum atomic E-state index is -5.08. The standard InChI is InChI=1S/C25H22N6O3S2.C2HF3O2/c1-34-22-12-11-21-24(31-22)35-23(30-21)15-19-14-18(13-16-5-3-2-4-6-16)28-25(29-19)27-17-7-9-20(10-8-17)36(26,32)33;3-2(4,5)1(6)7/h2-12,14H,13,15H2,1H3,(H2,26,32,33)(H,27,28,29);(H,6,7). The van der Waals surface area contributed by atoms with E-state index in [1.807, 2.05) is 42.5 Å². The van der Waals surface area contributed by atoms with Crippen molar-refractivity contribution in [3.05, 3.63) is 94.8 Å². The number of hydrogen-bond donors (Lipinski definition) is 3. The molecule has 0 radical (unpaired) electrons. The summed E-state index contributed by atoms with van der Waals surface area (Å²) in [5, 5.41) is 16.4. The van der Waals surface area contributed by atoms with Gasteiger partial charge < -0.3 is 15.2 Å². The van der Waals surface area contributed by atoms with Crippen molar-refractivity contribution < 1.29 is 36.2 Å². The molecule has 4 N–H and O–H groups in total. The number of carbonyl (C=O) groups is 1. The van der Waals surface area contributed by atoms with Gasteiger partial charge in [-0.15, -0.1) is 0 Å². The molecule has 3 aromatic heterocycles. The predicted octanol–water partition coefficient (Wildman–Crippen LogP) is 4.70. The highest BCUT2D eigenvalue weighted by Crippen LogP contribution is 2.25. The van der Waals surface area contributed by atoms with Crippen LogP contribution in [0.2, 0.25) is 0 Å². The zero-order valence-corrected chi connectivity index (χ0v) is 23.9. The normalized spacial score (nSPS) is 11.5. The number of halogens is 3. The quantitative estimate of drug-likeness (QED) is 0.218.